The van der Waals surface area contributed by atoms with Gasteiger partial charge >= 0.3 is 5.97 Å². The fourth-order valence-corrected chi connectivity index (χ4v) is 5.44. The Morgan fingerprint density at radius 1 is 0.930 bits per heavy atom. The first-order chi connectivity index (χ1) is 20.4. The molecule has 13 nitrogen and oxygen atoms in total. The summed E-state index contributed by atoms with van der Waals surface area (Å²) in [5, 5.41) is 79.4. The molecule has 0 unspecified atom stereocenters. The summed E-state index contributed by atoms with van der Waals surface area (Å²) in [6.45, 7) is -1.18. The number of aliphatic carboxylic acids is 1. The van der Waals surface area contributed by atoms with E-state index in [1.807, 2.05) is 0 Å². The molecule has 13 heteroatoms. The number of ether oxygens (including phenoxy) is 2. The normalized spacial score (nSPS) is 27.3. The van der Waals surface area contributed by atoms with Crippen LogP contribution in [0.15, 0.2) is 42.5 Å². The van der Waals surface area contributed by atoms with Crippen molar-refractivity contribution in [2.24, 2.45) is 5.92 Å². The largest absolute Gasteiger partial charge is 0.504 e. The Labute approximate surface area is 245 Å². The monoisotopic (exact) mass is 600 g/mol. The predicted octanol–water partition coefficient (Wildman–Crippen LogP) is 0.995. The second kappa shape index (κ2) is 12.9. The molecule has 0 radical (unpaired) electrons. The van der Waals surface area contributed by atoms with Crippen molar-refractivity contribution in [1.82, 2.24) is 0 Å². The van der Waals surface area contributed by atoms with E-state index in [4.69, 9.17) is 9.47 Å². The van der Waals surface area contributed by atoms with Gasteiger partial charge in [0.1, 0.15) is 18.8 Å². The third-order valence-corrected chi connectivity index (χ3v) is 7.75. The van der Waals surface area contributed by atoms with E-state index in [0.717, 1.165) is 24.3 Å². The Kier molecular flexibility index (Phi) is 9.52. The van der Waals surface area contributed by atoms with Gasteiger partial charge in [-0.1, -0.05) is 18.2 Å². The number of hydrogen-bond donors (Lipinski definition) is 8. The van der Waals surface area contributed by atoms with Gasteiger partial charge in [-0.25, -0.2) is 4.79 Å². The maximum absolute atomic E-state index is 13.0. The number of carbonyl (C=O) groups excluding carboxylic acids is 2. The van der Waals surface area contributed by atoms with Gasteiger partial charge in [0.05, 0.1) is 18.8 Å². The molecule has 0 aromatic heterocycles. The van der Waals surface area contributed by atoms with Gasteiger partial charge in [0.15, 0.2) is 40.2 Å². The molecule has 4 rings (SSSR count). The molecule has 1 saturated heterocycles. The molecule has 1 heterocycles. The number of carbonyl (C=O) groups is 3. The van der Waals surface area contributed by atoms with Crippen LogP contribution in [0.3, 0.4) is 0 Å². The number of benzene rings is 2. The van der Waals surface area contributed by atoms with Crippen molar-refractivity contribution in [3.05, 3.63) is 59.2 Å². The van der Waals surface area contributed by atoms with Crippen molar-refractivity contribution in [3.63, 3.8) is 0 Å². The maximum Gasteiger partial charge on any atom is 0.336 e. The molecule has 0 amide bonds. The van der Waals surface area contributed by atoms with Crippen molar-refractivity contribution in [2.75, 3.05) is 6.61 Å². The van der Waals surface area contributed by atoms with Gasteiger partial charge in [-0.3, -0.25) is 9.59 Å². The molecular weight excluding hydrogens is 568 g/mol. The fourth-order valence-electron chi connectivity index (χ4n) is 5.44. The Balaban J connectivity index is 1.48. The van der Waals surface area contributed by atoms with Crippen LogP contribution in [0.4, 0.5) is 0 Å². The van der Waals surface area contributed by atoms with Crippen LogP contribution in [0.5, 0.6) is 23.0 Å². The number of fused-ring (bicyclic) bond motifs is 1. The van der Waals surface area contributed by atoms with E-state index in [1.54, 1.807) is 0 Å². The molecular formula is C30H32O13. The van der Waals surface area contributed by atoms with Crippen LogP contribution in [0.1, 0.15) is 36.0 Å². The lowest BCUT2D eigenvalue weighted by atomic mass is 9.67. The van der Waals surface area contributed by atoms with Crippen LogP contribution < -0.4 is 0 Å². The molecule has 0 spiro atoms. The number of aromatic hydroxyl groups is 4. The minimum atomic E-state index is -2.12. The lowest BCUT2D eigenvalue weighted by molar-refractivity contribution is -0.250. The molecule has 2 aromatic carbocycles. The average molecular weight is 601 g/mol. The highest BCUT2D eigenvalue weighted by molar-refractivity contribution is 5.97. The van der Waals surface area contributed by atoms with Crippen LogP contribution in [0, 0.1) is 5.92 Å². The molecule has 43 heavy (non-hydrogen) atoms. The SMILES string of the molecule is O=C(/C=C/c1ccc(O)c(O)c1)CO[C@@]1(C(=O)O)C[C@@H](O)[C@@H](O)[C@@H]2O[C@@H](C(=O)/C=C\c3cc(O)c(O)cc3CO)CC[C@@H]21. The lowest BCUT2D eigenvalue weighted by Crippen LogP contribution is -2.66. The smallest absolute Gasteiger partial charge is 0.336 e. The first kappa shape index (κ1) is 31.7. The third-order valence-electron chi connectivity index (χ3n) is 7.75. The molecule has 0 bridgehead atoms. The minimum Gasteiger partial charge on any atom is -0.504 e. The maximum atomic E-state index is 13.0. The first-order valence-electron chi connectivity index (χ1n) is 13.4. The fraction of sp³-hybridized carbons (Fsp3) is 0.367. The number of hydrogen-bond acceptors (Lipinski definition) is 12. The van der Waals surface area contributed by atoms with E-state index < -0.39 is 90.4 Å². The number of carboxylic acid groups (broad SMARTS) is 1. The quantitative estimate of drug-likeness (QED) is 0.141. The van der Waals surface area contributed by atoms with Gasteiger partial charge in [-0.2, -0.15) is 0 Å². The number of aliphatic hydroxyl groups is 3. The molecule has 2 aromatic rings. The zero-order chi connectivity index (χ0) is 31.5. The summed E-state index contributed by atoms with van der Waals surface area (Å²) in [6, 6.07) is 6.19. The summed E-state index contributed by atoms with van der Waals surface area (Å²) < 4.78 is 11.5. The van der Waals surface area contributed by atoms with E-state index in [0.29, 0.717) is 5.56 Å². The van der Waals surface area contributed by atoms with E-state index in [2.05, 4.69) is 0 Å². The lowest BCUT2D eigenvalue weighted by Gasteiger charge is -2.51. The van der Waals surface area contributed by atoms with Crippen molar-refractivity contribution < 1.29 is 64.7 Å². The summed E-state index contributed by atoms with van der Waals surface area (Å²) in [6.07, 6.45) is -1.23. The Morgan fingerprint density at radius 3 is 2.30 bits per heavy atom. The van der Waals surface area contributed by atoms with Crippen LogP contribution >= 0.6 is 0 Å². The first-order valence-corrected chi connectivity index (χ1v) is 13.4. The number of phenols is 4. The third kappa shape index (κ3) is 6.71. The summed E-state index contributed by atoms with van der Waals surface area (Å²) in [5.41, 5.74) is -1.24. The highest BCUT2D eigenvalue weighted by Gasteiger charge is 2.60. The Hall–Kier alpha value is -4.27. The predicted molar refractivity (Wildman–Crippen MR) is 148 cm³/mol. The van der Waals surface area contributed by atoms with Gasteiger partial charge in [0.25, 0.3) is 0 Å². The second-order valence-corrected chi connectivity index (χ2v) is 10.5. The minimum absolute atomic E-state index is 0.0252. The summed E-state index contributed by atoms with van der Waals surface area (Å²) in [5.74, 6) is -5.35. The molecule has 2 aliphatic rings. The highest BCUT2D eigenvalue weighted by atomic mass is 16.5. The number of aliphatic hydroxyl groups excluding tert-OH is 3. The van der Waals surface area contributed by atoms with E-state index in [1.165, 1.54) is 30.4 Å². The molecule has 2 fully saturated rings. The van der Waals surface area contributed by atoms with E-state index >= 15 is 0 Å². The number of rotatable bonds is 10. The molecule has 230 valence electrons. The van der Waals surface area contributed by atoms with Gasteiger partial charge < -0.3 is 50.3 Å². The van der Waals surface area contributed by atoms with Gasteiger partial charge in [0, 0.05) is 12.3 Å². The van der Waals surface area contributed by atoms with E-state index in [-0.39, 0.29) is 29.7 Å². The molecule has 6 atom stereocenters. The summed E-state index contributed by atoms with van der Waals surface area (Å²) in [4.78, 5) is 38.0. The Bertz CT molecular complexity index is 1450. The van der Waals surface area contributed by atoms with Crippen LogP contribution in [-0.4, -0.2) is 95.0 Å². The van der Waals surface area contributed by atoms with Gasteiger partial charge in [0.2, 0.25) is 0 Å². The van der Waals surface area contributed by atoms with Crippen molar-refractivity contribution in [1.29, 1.82) is 0 Å². The standard InChI is InChI=1S/C30H32O13/c31-13-17-11-24(37)23(36)10-16(17)3-7-21(34)26-8-5-19-28(43-26)27(39)25(38)12-30(19,29(40)41)42-14-18(32)4-1-15-2-6-20(33)22(35)9-15/h1-4,6-7,9-11,19,25-28,31,33,35-39H,5,8,12-14H2,(H,40,41)/b4-1+,7-3-/t19-,25+,26+,27+,28+,30-/m0/s1. The number of phenolic OH excluding ortho intramolecular Hbond substituents is 4. The van der Waals surface area contributed by atoms with Gasteiger partial charge in [-0.05, 0) is 65.9 Å². The highest BCUT2D eigenvalue weighted by Crippen LogP contribution is 2.45. The average Bonchev–Trinajstić information content (AvgIpc) is 2.98. The number of carboxylic acids is 1. The zero-order valence-corrected chi connectivity index (χ0v) is 22.7. The molecule has 8 N–H and O–H groups in total. The number of ketones is 2. The van der Waals surface area contributed by atoms with Crippen LogP contribution in [0.2, 0.25) is 0 Å². The molecule has 1 saturated carbocycles. The topological polar surface area (TPSA) is 232 Å². The van der Waals surface area contributed by atoms with Crippen LogP contribution in [0.25, 0.3) is 12.2 Å². The van der Waals surface area contributed by atoms with Crippen molar-refractivity contribution in [2.45, 2.75) is 55.9 Å². The molecule has 1 aliphatic carbocycles. The van der Waals surface area contributed by atoms with E-state index in [9.17, 15) is 55.2 Å². The second-order valence-electron chi connectivity index (χ2n) is 10.5. The van der Waals surface area contributed by atoms with Gasteiger partial charge in [-0.15, -0.1) is 0 Å². The summed E-state index contributed by atoms with van der Waals surface area (Å²) >= 11 is 0. The van der Waals surface area contributed by atoms with Crippen LogP contribution in [-0.2, 0) is 30.5 Å². The molecule has 1 aliphatic heterocycles. The zero-order valence-electron chi connectivity index (χ0n) is 22.7. The summed E-state index contributed by atoms with van der Waals surface area (Å²) in [7, 11) is 0. The van der Waals surface area contributed by atoms with Crippen molar-refractivity contribution in [3.8, 4) is 23.0 Å². The van der Waals surface area contributed by atoms with Crippen molar-refractivity contribution >= 4 is 29.7 Å². The Morgan fingerprint density at radius 2 is 1.63 bits per heavy atom.